The SMILES string of the molecule is CCCC1C[C@H](C(=O)NC(C(C)O)C2O[C@H](SC)C(O)C3OC(C)(C)O[C@@H]23)N(C)C1. The number of likely N-dealkylation sites (N-methyl/N-ethyl adjacent to an activating group) is 1. The van der Waals surface area contributed by atoms with Crippen molar-refractivity contribution in [2.75, 3.05) is 19.8 Å². The number of amides is 1. The number of nitrogens with zero attached hydrogens (tertiary/aromatic N) is 1. The predicted molar refractivity (Wildman–Crippen MR) is 115 cm³/mol. The average molecular weight is 447 g/mol. The first-order valence-electron chi connectivity index (χ1n) is 11.0. The van der Waals surface area contributed by atoms with Crippen molar-refractivity contribution >= 4 is 17.7 Å². The van der Waals surface area contributed by atoms with Crippen LogP contribution in [0.1, 0.15) is 47.0 Å². The van der Waals surface area contributed by atoms with Crippen molar-refractivity contribution in [3.05, 3.63) is 0 Å². The van der Waals surface area contributed by atoms with Crippen LogP contribution in [0.2, 0.25) is 0 Å². The van der Waals surface area contributed by atoms with E-state index in [1.807, 2.05) is 13.3 Å². The second-order valence-corrected chi connectivity index (χ2v) is 10.3. The van der Waals surface area contributed by atoms with Crippen LogP contribution in [0, 0.1) is 5.92 Å². The minimum Gasteiger partial charge on any atom is -0.391 e. The smallest absolute Gasteiger partial charge is 0.237 e. The molecular formula is C21H38N2O6S. The van der Waals surface area contributed by atoms with Gasteiger partial charge in [-0.1, -0.05) is 13.3 Å². The Morgan fingerprint density at radius 3 is 2.60 bits per heavy atom. The van der Waals surface area contributed by atoms with Crippen LogP contribution in [0.3, 0.4) is 0 Å². The van der Waals surface area contributed by atoms with Crippen LogP contribution < -0.4 is 5.32 Å². The topological polar surface area (TPSA) is 100 Å². The highest BCUT2D eigenvalue weighted by Gasteiger charge is 2.57. The quantitative estimate of drug-likeness (QED) is 0.531. The van der Waals surface area contributed by atoms with E-state index in [0.29, 0.717) is 5.92 Å². The van der Waals surface area contributed by atoms with Gasteiger partial charge in [-0.05, 0) is 52.8 Å². The summed E-state index contributed by atoms with van der Waals surface area (Å²) in [6.45, 7) is 8.29. The molecule has 1 amide bonds. The van der Waals surface area contributed by atoms with E-state index >= 15 is 0 Å². The van der Waals surface area contributed by atoms with Crippen molar-refractivity contribution < 1.29 is 29.2 Å². The second-order valence-electron chi connectivity index (χ2n) is 9.38. The molecule has 9 atom stereocenters. The summed E-state index contributed by atoms with van der Waals surface area (Å²) in [5.74, 6) is -0.469. The monoisotopic (exact) mass is 446 g/mol. The molecule has 6 unspecified atom stereocenters. The van der Waals surface area contributed by atoms with Gasteiger partial charge in [0.2, 0.25) is 5.91 Å². The summed E-state index contributed by atoms with van der Waals surface area (Å²) < 4.78 is 18.1. The zero-order chi connectivity index (χ0) is 22.2. The fourth-order valence-electron chi connectivity index (χ4n) is 5.05. The molecule has 3 N–H and O–H groups in total. The number of nitrogens with one attached hydrogen (secondary N) is 1. The van der Waals surface area contributed by atoms with Gasteiger partial charge >= 0.3 is 0 Å². The van der Waals surface area contributed by atoms with E-state index in [-0.39, 0.29) is 11.9 Å². The Hall–Kier alpha value is -0.420. The minimum absolute atomic E-state index is 0.104. The van der Waals surface area contributed by atoms with E-state index < -0.39 is 47.8 Å². The van der Waals surface area contributed by atoms with E-state index in [0.717, 1.165) is 25.8 Å². The van der Waals surface area contributed by atoms with Crippen molar-refractivity contribution in [2.45, 2.75) is 101 Å². The van der Waals surface area contributed by atoms with Crippen LogP contribution in [0.5, 0.6) is 0 Å². The van der Waals surface area contributed by atoms with E-state index in [1.165, 1.54) is 11.8 Å². The zero-order valence-electron chi connectivity index (χ0n) is 18.9. The lowest BCUT2D eigenvalue weighted by atomic mass is 9.92. The molecule has 0 saturated carbocycles. The molecule has 0 aromatic rings. The van der Waals surface area contributed by atoms with Crippen molar-refractivity contribution in [1.29, 1.82) is 0 Å². The maximum Gasteiger partial charge on any atom is 0.237 e. The molecule has 0 aliphatic carbocycles. The molecule has 0 aromatic carbocycles. The van der Waals surface area contributed by atoms with Gasteiger partial charge in [0, 0.05) is 6.54 Å². The Balaban J connectivity index is 1.77. The van der Waals surface area contributed by atoms with Gasteiger partial charge in [-0.15, -0.1) is 11.8 Å². The van der Waals surface area contributed by atoms with Crippen LogP contribution in [0.15, 0.2) is 0 Å². The van der Waals surface area contributed by atoms with Crippen LogP contribution in [-0.4, -0.2) is 94.7 Å². The van der Waals surface area contributed by atoms with Crippen molar-refractivity contribution in [3.63, 3.8) is 0 Å². The molecule has 0 radical (unpaired) electrons. The molecule has 3 fully saturated rings. The lowest BCUT2D eigenvalue weighted by molar-refractivity contribution is -0.177. The molecule has 0 aromatic heterocycles. The normalized spacial score (nSPS) is 40.7. The fraction of sp³-hybridized carbons (Fsp3) is 0.952. The molecule has 0 spiro atoms. The molecule has 3 heterocycles. The van der Waals surface area contributed by atoms with Gasteiger partial charge in [0.05, 0.1) is 18.2 Å². The largest absolute Gasteiger partial charge is 0.391 e. The summed E-state index contributed by atoms with van der Waals surface area (Å²) in [5, 5.41) is 24.3. The summed E-state index contributed by atoms with van der Waals surface area (Å²) in [4.78, 5) is 15.2. The number of ether oxygens (including phenoxy) is 3. The molecule has 3 rings (SSSR count). The third-order valence-electron chi connectivity index (χ3n) is 6.44. The zero-order valence-corrected chi connectivity index (χ0v) is 19.7. The Labute approximate surface area is 184 Å². The maximum atomic E-state index is 13.2. The van der Waals surface area contributed by atoms with E-state index in [4.69, 9.17) is 14.2 Å². The summed E-state index contributed by atoms with van der Waals surface area (Å²) in [5.41, 5.74) is -0.532. The maximum absolute atomic E-state index is 13.2. The Bertz CT molecular complexity index is 606. The third kappa shape index (κ3) is 4.98. The van der Waals surface area contributed by atoms with Crippen molar-refractivity contribution in [3.8, 4) is 0 Å². The van der Waals surface area contributed by atoms with Gasteiger partial charge in [-0.25, -0.2) is 0 Å². The molecule has 9 heteroatoms. The molecule has 0 bridgehead atoms. The number of hydrogen-bond donors (Lipinski definition) is 3. The number of carbonyl (C=O) groups excluding carboxylic acids is 1. The van der Waals surface area contributed by atoms with E-state index in [2.05, 4.69) is 17.1 Å². The highest BCUT2D eigenvalue weighted by Crippen LogP contribution is 2.41. The number of thioether (sulfide) groups is 1. The first kappa shape index (κ1) is 24.2. The van der Waals surface area contributed by atoms with Gasteiger partial charge in [0.15, 0.2) is 5.79 Å². The van der Waals surface area contributed by atoms with Gasteiger partial charge in [0.1, 0.15) is 29.9 Å². The first-order valence-corrected chi connectivity index (χ1v) is 12.3. The highest BCUT2D eigenvalue weighted by molar-refractivity contribution is 7.99. The third-order valence-corrected chi connectivity index (χ3v) is 7.30. The summed E-state index contributed by atoms with van der Waals surface area (Å²) >= 11 is 1.38. The number of fused-ring (bicyclic) bond motifs is 1. The Kier molecular flexibility index (Phi) is 7.75. The second kappa shape index (κ2) is 9.60. The summed E-state index contributed by atoms with van der Waals surface area (Å²) in [6, 6.07) is -0.899. The standard InChI is InChI=1S/C21H38N2O6S/c1-7-8-12-9-13(23(5)10-12)19(26)22-14(11(2)24)16-18-17(28-21(3,4)29-18)15(25)20(27-16)30-6/h11-18,20,24-25H,7-10H2,1-6H3,(H,22,26)/t11?,12?,13-,14?,15?,16?,17?,18+,20-/m1/s1. The Morgan fingerprint density at radius 1 is 1.33 bits per heavy atom. The van der Waals surface area contributed by atoms with Gasteiger partial charge < -0.3 is 29.7 Å². The molecular weight excluding hydrogens is 408 g/mol. The van der Waals surface area contributed by atoms with E-state index in [1.54, 1.807) is 20.8 Å². The number of rotatable bonds is 7. The fourth-order valence-corrected chi connectivity index (χ4v) is 5.73. The van der Waals surface area contributed by atoms with Crippen molar-refractivity contribution in [1.82, 2.24) is 10.2 Å². The molecule has 3 aliphatic heterocycles. The van der Waals surface area contributed by atoms with Crippen molar-refractivity contribution in [2.24, 2.45) is 5.92 Å². The van der Waals surface area contributed by atoms with Gasteiger partial charge in [0.25, 0.3) is 0 Å². The van der Waals surface area contributed by atoms with E-state index in [9.17, 15) is 15.0 Å². The van der Waals surface area contributed by atoms with Gasteiger partial charge in [-0.2, -0.15) is 0 Å². The lowest BCUT2D eigenvalue weighted by Crippen LogP contribution is -2.65. The number of aliphatic hydroxyl groups excluding tert-OH is 2. The number of carbonyl (C=O) groups is 1. The molecule has 174 valence electrons. The number of hydrogen-bond acceptors (Lipinski definition) is 8. The average Bonchev–Trinajstić information content (AvgIpc) is 3.19. The summed E-state index contributed by atoms with van der Waals surface area (Å²) in [7, 11) is 1.97. The number of likely N-dealkylation sites (tertiary alicyclic amines) is 1. The minimum atomic E-state index is -0.877. The lowest BCUT2D eigenvalue weighted by Gasteiger charge is -2.43. The summed E-state index contributed by atoms with van der Waals surface area (Å²) in [6.07, 6.45) is 1.35. The first-order chi connectivity index (χ1) is 14.1. The van der Waals surface area contributed by atoms with Crippen LogP contribution in [0.25, 0.3) is 0 Å². The van der Waals surface area contributed by atoms with Gasteiger partial charge in [-0.3, -0.25) is 9.69 Å². The van der Waals surface area contributed by atoms with Crippen LogP contribution >= 0.6 is 11.8 Å². The molecule has 8 nitrogen and oxygen atoms in total. The van der Waals surface area contributed by atoms with Crippen LogP contribution in [0.4, 0.5) is 0 Å². The molecule has 3 saturated heterocycles. The Morgan fingerprint density at radius 2 is 2.00 bits per heavy atom. The highest BCUT2D eigenvalue weighted by atomic mass is 32.2. The molecule has 3 aliphatic rings. The molecule has 30 heavy (non-hydrogen) atoms. The van der Waals surface area contributed by atoms with Crippen LogP contribution in [-0.2, 0) is 19.0 Å². The predicted octanol–water partition coefficient (Wildman–Crippen LogP) is 0.941. The number of aliphatic hydroxyl groups is 2.